The summed E-state index contributed by atoms with van der Waals surface area (Å²) in [5.74, 6) is -0.0435. The van der Waals surface area contributed by atoms with E-state index in [9.17, 15) is 9.90 Å². The molecule has 0 radical (unpaired) electrons. The van der Waals surface area contributed by atoms with Gasteiger partial charge in [0.15, 0.2) is 0 Å². The number of carboxylic acid groups (broad SMARTS) is 1. The van der Waals surface area contributed by atoms with Crippen LogP contribution < -0.4 is 0 Å². The van der Waals surface area contributed by atoms with Crippen LogP contribution in [-0.2, 0) is 4.79 Å². The van der Waals surface area contributed by atoms with Gasteiger partial charge in [-0.25, -0.2) is 0 Å². The van der Waals surface area contributed by atoms with Crippen LogP contribution in [0.5, 0.6) is 0 Å². The van der Waals surface area contributed by atoms with Crippen molar-refractivity contribution in [3.63, 3.8) is 0 Å². The zero-order valence-corrected chi connectivity index (χ0v) is 9.65. The van der Waals surface area contributed by atoms with Gasteiger partial charge >= 0.3 is 5.97 Å². The molecule has 2 saturated carbocycles. The number of hydrogen-bond acceptors (Lipinski definition) is 2. The molecule has 0 aromatic heterocycles. The Labute approximate surface area is 91.5 Å². The molecule has 15 heavy (non-hydrogen) atoms. The lowest BCUT2D eigenvalue weighted by molar-refractivity contribution is -0.146. The number of aliphatic carboxylic acids is 1. The van der Waals surface area contributed by atoms with E-state index in [1.54, 1.807) is 0 Å². The second-order valence-electron chi connectivity index (χ2n) is 5.33. The molecular weight excluding hydrogens is 190 g/mol. The molecule has 2 fully saturated rings. The predicted octanol–water partition coefficient (Wildman–Crippen LogP) is 1.97. The Balaban J connectivity index is 2.04. The summed E-state index contributed by atoms with van der Waals surface area (Å²) in [5, 5.41) is 9.22. The third-order valence-corrected chi connectivity index (χ3v) is 4.04. The second-order valence-corrected chi connectivity index (χ2v) is 5.33. The maximum atomic E-state index is 11.2. The molecule has 0 saturated heterocycles. The van der Waals surface area contributed by atoms with E-state index in [-0.39, 0.29) is 12.0 Å². The van der Waals surface area contributed by atoms with Crippen molar-refractivity contribution in [3.8, 4) is 0 Å². The molecule has 2 aliphatic carbocycles. The first-order valence-electron chi connectivity index (χ1n) is 6.04. The Morgan fingerprint density at radius 3 is 2.47 bits per heavy atom. The quantitative estimate of drug-likeness (QED) is 0.776. The van der Waals surface area contributed by atoms with Gasteiger partial charge in [0, 0.05) is 12.1 Å². The lowest BCUT2D eigenvalue weighted by atomic mass is 9.78. The van der Waals surface area contributed by atoms with Gasteiger partial charge in [-0.15, -0.1) is 0 Å². The fourth-order valence-corrected chi connectivity index (χ4v) is 2.84. The summed E-state index contributed by atoms with van der Waals surface area (Å²) in [6, 6.07) is 0.945. The van der Waals surface area contributed by atoms with E-state index in [1.165, 1.54) is 12.8 Å². The lowest BCUT2D eigenvalue weighted by Gasteiger charge is -2.38. The highest BCUT2D eigenvalue weighted by Crippen LogP contribution is 2.37. The molecule has 3 heteroatoms. The molecule has 0 aromatic carbocycles. The number of carbonyl (C=O) groups is 1. The highest BCUT2D eigenvalue weighted by atomic mass is 16.4. The molecule has 86 valence electrons. The zero-order chi connectivity index (χ0) is 11.0. The van der Waals surface area contributed by atoms with E-state index in [0.29, 0.717) is 12.0 Å². The van der Waals surface area contributed by atoms with Gasteiger partial charge in [-0.1, -0.05) is 6.92 Å². The topological polar surface area (TPSA) is 40.5 Å². The van der Waals surface area contributed by atoms with Crippen molar-refractivity contribution in [3.05, 3.63) is 0 Å². The maximum Gasteiger partial charge on any atom is 0.308 e. The van der Waals surface area contributed by atoms with E-state index < -0.39 is 5.97 Å². The highest BCUT2D eigenvalue weighted by Gasteiger charge is 2.40. The average molecular weight is 211 g/mol. The van der Waals surface area contributed by atoms with Crippen LogP contribution >= 0.6 is 0 Å². The Hall–Kier alpha value is -0.570. The first-order valence-corrected chi connectivity index (χ1v) is 6.04. The zero-order valence-electron chi connectivity index (χ0n) is 9.65. The van der Waals surface area contributed by atoms with Crippen LogP contribution in [0.15, 0.2) is 0 Å². The van der Waals surface area contributed by atoms with Gasteiger partial charge in [0.1, 0.15) is 0 Å². The normalized spacial score (nSPS) is 36.9. The van der Waals surface area contributed by atoms with Crippen molar-refractivity contribution in [2.75, 3.05) is 7.05 Å². The van der Waals surface area contributed by atoms with Crippen molar-refractivity contribution in [2.24, 2.45) is 11.8 Å². The van der Waals surface area contributed by atoms with Crippen LogP contribution in [0.4, 0.5) is 0 Å². The standard InChI is InChI=1S/C12H21NO2/c1-8-3-6-10(12(14)15)11(7-8)13(2)9-4-5-9/h8-11H,3-7H2,1-2H3,(H,14,15). The molecule has 0 bridgehead atoms. The minimum absolute atomic E-state index is 0.133. The Morgan fingerprint density at radius 2 is 1.93 bits per heavy atom. The fourth-order valence-electron chi connectivity index (χ4n) is 2.84. The molecule has 2 rings (SSSR count). The minimum Gasteiger partial charge on any atom is -0.481 e. The summed E-state index contributed by atoms with van der Waals surface area (Å²) >= 11 is 0. The number of nitrogens with zero attached hydrogens (tertiary/aromatic N) is 1. The minimum atomic E-state index is -0.598. The van der Waals surface area contributed by atoms with Gasteiger partial charge in [-0.2, -0.15) is 0 Å². The third kappa shape index (κ3) is 2.33. The largest absolute Gasteiger partial charge is 0.481 e. The molecular formula is C12H21NO2. The van der Waals surface area contributed by atoms with Gasteiger partial charge in [-0.05, 0) is 45.1 Å². The molecule has 2 aliphatic rings. The fraction of sp³-hybridized carbons (Fsp3) is 0.917. The van der Waals surface area contributed by atoms with Crippen molar-refractivity contribution in [2.45, 2.75) is 51.1 Å². The lowest BCUT2D eigenvalue weighted by Crippen LogP contribution is -2.46. The van der Waals surface area contributed by atoms with E-state index in [1.807, 2.05) is 0 Å². The van der Waals surface area contributed by atoms with Crippen molar-refractivity contribution in [1.82, 2.24) is 4.90 Å². The number of carboxylic acids is 1. The van der Waals surface area contributed by atoms with Crippen LogP contribution in [0.1, 0.15) is 39.0 Å². The summed E-state index contributed by atoms with van der Waals surface area (Å²) in [6.07, 6.45) is 5.51. The molecule has 3 atom stereocenters. The highest BCUT2D eigenvalue weighted by molar-refractivity contribution is 5.71. The Morgan fingerprint density at radius 1 is 1.27 bits per heavy atom. The molecule has 0 aliphatic heterocycles. The smallest absolute Gasteiger partial charge is 0.308 e. The van der Waals surface area contributed by atoms with Crippen LogP contribution in [0.3, 0.4) is 0 Å². The summed E-state index contributed by atoms with van der Waals surface area (Å²) < 4.78 is 0. The predicted molar refractivity (Wildman–Crippen MR) is 58.7 cm³/mol. The van der Waals surface area contributed by atoms with Crippen LogP contribution in [0.25, 0.3) is 0 Å². The van der Waals surface area contributed by atoms with Crippen LogP contribution in [0, 0.1) is 11.8 Å². The van der Waals surface area contributed by atoms with Crippen molar-refractivity contribution in [1.29, 1.82) is 0 Å². The molecule has 0 spiro atoms. The number of hydrogen-bond donors (Lipinski definition) is 1. The third-order valence-electron chi connectivity index (χ3n) is 4.04. The molecule has 3 nitrogen and oxygen atoms in total. The van der Waals surface area contributed by atoms with Gasteiger partial charge in [-0.3, -0.25) is 9.69 Å². The van der Waals surface area contributed by atoms with E-state index in [4.69, 9.17) is 0 Å². The number of rotatable bonds is 3. The van der Waals surface area contributed by atoms with E-state index >= 15 is 0 Å². The summed E-state index contributed by atoms with van der Waals surface area (Å²) in [6.45, 7) is 2.24. The Kier molecular flexibility index (Phi) is 3.01. The van der Waals surface area contributed by atoms with Crippen molar-refractivity contribution >= 4 is 5.97 Å². The van der Waals surface area contributed by atoms with Gasteiger partial charge in [0.05, 0.1) is 5.92 Å². The van der Waals surface area contributed by atoms with E-state index in [2.05, 4.69) is 18.9 Å². The second kappa shape index (κ2) is 4.12. The SMILES string of the molecule is CC1CCC(C(=O)O)C(N(C)C2CC2)C1. The van der Waals surface area contributed by atoms with Crippen molar-refractivity contribution < 1.29 is 9.90 Å². The van der Waals surface area contributed by atoms with Gasteiger partial charge < -0.3 is 5.11 Å². The first-order chi connectivity index (χ1) is 7.09. The molecule has 3 unspecified atom stereocenters. The summed E-state index contributed by atoms with van der Waals surface area (Å²) in [4.78, 5) is 13.5. The van der Waals surface area contributed by atoms with E-state index in [0.717, 1.165) is 19.3 Å². The molecule has 1 N–H and O–H groups in total. The average Bonchev–Trinajstić information content (AvgIpc) is 2.99. The maximum absolute atomic E-state index is 11.2. The summed E-state index contributed by atoms with van der Waals surface area (Å²) in [5.41, 5.74) is 0. The molecule has 0 aromatic rings. The van der Waals surface area contributed by atoms with Crippen LogP contribution in [0.2, 0.25) is 0 Å². The van der Waals surface area contributed by atoms with Crippen LogP contribution in [-0.4, -0.2) is 35.1 Å². The first kappa shape index (κ1) is 10.9. The Bertz CT molecular complexity index is 250. The van der Waals surface area contributed by atoms with Gasteiger partial charge in [0.25, 0.3) is 0 Å². The summed E-state index contributed by atoms with van der Waals surface area (Å²) in [7, 11) is 2.11. The molecule has 0 amide bonds. The molecule has 0 heterocycles. The van der Waals surface area contributed by atoms with Gasteiger partial charge in [0.2, 0.25) is 0 Å². The monoisotopic (exact) mass is 211 g/mol.